The predicted octanol–water partition coefficient (Wildman–Crippen LogP) is 3.67. The molecule has 1 saturated heterocycles. The molecule has 6 nitrogen and oxygen atoms in total. The molecule has 0 unspecified atom stereocenters. The summed E-state index contributed by atoms with van der Waals surface area (Å²) in [4.78, 5) is 53.2. The van der Waals surface area contributed by atoms with E-state index in [1.807, 2.05) is 0 Å². The predicted molar refractivity (Wildman–Crippen MR) is 119 cm³/mol. The number of ether oxygens (including phenoxy) is 1. The monoisotopic (exact) mass is 441 g/mol. The van der Waals surface area contributed by atoms with Crippen molar-refractivity contribution in [2.24, 2.45) is 35.5 Å². The van der Waals surface area contributed by atoms with Gasteiger partial charge in [0, 0.05) is 5.56 Å². The highest BCUT2D eigenvalue weighted by Gasteiger charge is 2.67. The van der Waals surface area contributed by atoms with Gasteiger partial charge in [0.2, 0.25) is 17.6 Å². The number of allylic oxidation sites excluding steroid dienone is 2. The van der Waals surface area contributed by atoms with E-state index in [2.05, 4.69) is 12.2 Å². The summed E-state index contributed by atoms with van der Waals surface area (Å²) in [5, 5.41) is 0. The van der Waals surface area contributed by atoms with Gasteiger partial charge in [0.25, 0.3) is 0 Å². The lowest BCUT2D eigenvalue weighted by atomic mass is 9.63. The van der Waals surface area contributed by atoms with Crippen LogP contribution >= 0.6 is 0 Å². The first-order valence-corrected chi connectivity index (χ1v) is 11.4. The molecule has 7 rings (SSSR count). The molecule has 2 aromatic carbocycles. The first kappa shape index (κ1) is 20.1. The molecule has 5 aliphatic rings. The second-order valence-corrected chi connectivity index (χ2v) is 9.49. The summed E-state index contributed by atoms with van der Waals surface area (Å²) < 4.78 is 5.40. The van der Waals surface area contributed by atoms with Crippen molar-refractivity contribution in [3.05, 3.63) is 77.9 Å². The van der Waals surface area contributed by atoms with E-state index >= 15 is 0 Å². The quantitative estimate of drug-likeness (QED) is 0.306. The molecule has 166 valence electrons. The fraction of sp³-hybridized carbons (Fsp3) is 0.333. The Morgan fingerprint density at radius 2 is 1.48 bits per heavy atom. The number of amides is 2. The van der Waals surface area contributed by atoms with Crippen molar-refractivity contribution in [1.29, 1.82) is 0 Å². The molecule has 0 N–H and O–H groups in total. The van der Waals surface area contributed by atoms with Crippen LogP contribution in [-0.2, 0) is 14.3 Å². The number of hydrogen-bond donors (Lipinski definition) is 0. The number of esters is 1. The minimum absolute atomic E-state index is 0.143. The molecule has 3 fully saturated rings. The standard InChI is InChI=1S/C27H23NO5/c1-14(24(29)15-6-3-2-4-7-15)33-27(32)16-8-5-9-17(12-16)28-25(30)22-18-10-11-19(21-13-20(18)21)23(22)26(28)31/h2-12,14,18-23H,13H2,1H3/t14-,18-,19-,20-,21-,22-,23+/m1/s1. The van der Waals surface area contributed by atoms with Crippen LogP contribution in [0.3, 0.4) is 0 Å². The number of hydrogen-bond acceptors (Lipinski definition) is 5. The van der Waals surface area contributed by atoms with Gasteiger partial charge in [-0.1, -0.05) is 48.6 Å². The Bertz CT molecular complexity index is 1180. The summed E-state index contributed by atoms with van der Waals surface area (Å²) in [5.74, 6) is -0.560. The summed E-state index contributed by atoms with van der Waals surface area (Å²) >= 11 is 0. The van der Waals surface area contributed by atoms with Crippen LogP contribution in [0.5, 0.6) is 0 Å². The van der Waals surface area contributed by atoms with Gasteiger partial charge < -0.3 is 4.74 Å². The van der Waals surface area contributed by atoms with Crippen LogP contribution < -0.4 is 4.90 Å². The van der Waals surface area contributed by atoms with Gasteiger partial charge >= 0.3 is 5.97 Å². The Morgan fingerprint density at radius 1 is 0.879 bits per heavy atom. The third-order valence-corrected chi connectivity index (χ3v) is 7.71. The van der Waals surface area contributed by atoms with E-state index in [-0.39, 0.29) is 46.8 Å². The summed E-state index contributed by atoms with van der Waals surface area (Å²) in [5.41, 5.74) is 1.03. The summed E-state index contributed by atoms with van der Waals surface area (Å²) in [6.45, 7) is 1.53. The van der Waals surface area contributed by atoms with Crippen molar-refractivity contribution < 1.29 is 23.9 Å². The van der Waals surface area contributed by atoms with Crippen molar-refractivity contribution in [3.63, 3.8) is 0 Å². The maximum Gasteiger partial charge on any atom is 0.338 e. The van der Waals surface area contributed by atoms with E-state index in [1.54, 1.807) is 48.5 Å². The average molecular weight is 441 g/mol. The van der Waals surface area contributed by atoms with Crippen molar-refractivity contribution in [1.82, 2.24) is 0 Å². The normalized spacial score (nSPS) is 31.7. The Hall–Kier alpha value is -3.54. The second kappa shape index (κ2) is 7.24. The molecule has 2 aromatic rings. The zero-order valence-electron chi connectivity index (χ0n) is 18.1. The number of anilines is 1. The average Bonchev–Trinajstić information content (AvgIpc) is 3.62. The fourth-order valence-corrected chi connectivity index (χ4v) is 6.10. The molecule has 0 aromatic heterocycles. The highest BCUT2D eigenvalue weighted by molar-refractivity contribution is 6.23. The van der Waals surface area contributed by atoms with E-state index in [9.17, 15) is 19.2 Å². The van der Waals surface area contributed by atoms with Crippen LogP contribution in [0.15, 0.2) is 66.7 Å². The fourth-order valence-electron chi connectivity index (χ4n) is 6.10. The minimum atomic E-state index is -0.963. The first-order chi connectivity index (χ1) is 16.0. The number of Topliss-reactive ketones (excluding diaryl/α,β-unsaturated/α-hetero) is 1. The second-order valence-electron chi connectivity index (χ2n) is 9.49. The maximum absolute atomic E-state index is 13.3. The van der Waals surface area contributed by atoms with Crippen LogP contribution in [-0.4, -0.2) is 29.7 Å². The number of ketones is 1. The van der Waals surface area contributed by atoms with Crippen LogP contribution in [0.1, 0.15) is 34.1 Å². The molecule has 0 spiro atoms. The highest BCUT2D eigenvalue weighted by Crippen LogP contribution is 2.65. The maximum atomic E-state index is 13.3. The van der Waals surface area contributed by atoms with Gasteiger partial charge in [-0.15, -0.1) is 0 Å². The molecule has 2 amide bonds. The van der Waals surface area contributed by atoms with E-state index < -0.39 is 12.1 Å². The van der Waals surface area contributed by atoms with Gasteiger partial charge in [-0.05, 0) is 55.2 Å². The van der Waals surface area contributed by atoms with Gasteiger partial charge in [-0.3, -0.25) is 14.4 Å². The van der Waals surface area contributed by atoms with E-state index in [0.717, 1.165) is 6.42 Å². The molecule has 6 heteroatoms. The van der Waals surface area contributed by atoms with Gasteiger partial charge in [0.05, 0.1) is 23.1 Å². The van der Waals surface area contributed by atoms with Crippen LogP contribution in [0.2, 0.25) is 0 Å². The van der Waals surface area contributed by atoms with Crippen LogP contribution in [0.25, 0.3) is 0 Å². The molecule has 1 heterocycles. The van der Waals surface area contributed by atoms with Gasteiger partial charge in [-0.25, -0.2) is 9.69 Å². The summed E-state index contributed by atoms with van der Waals surface area (Å²) in [6.07, 6.45) is 4.41. The van der Waals surface area contributed by atoms with E-state index in [0.29, 0.717) is 23.1 Å². The van der Waals surface area contributed by atoms with E-state index in [1.165, 1.54) is 17.9 Å². The molecule has 7 atom stereocenters. The molecule has 1 aliphatic heterocycles. The summed E-state index contributed by atoms with van der Waals surface area (Å²) in [6, 6.07) is 15.0. The van der Waals surface area contributed by atoms with Crippen molar-refractivity contribution in [3.8, 4) is 0 Å². The Balaban J connectivity index is 1.22. The van der Waals surface area contributed by atoms with Gasteiger partial charge in [0.15, 0.2) is 6.10 Å². The number of rotatable bonds is 5. The highest BCUT2D eigenvalue weighted by atomic mass is 16.5. The smallest absolute Gasteiger partial charge is 0.338 e. The number of benzene rings is 2. The Kier molecular flexibility index (Phi) is 4.41. The molecule has 0 radical (unpaired) electrons. The zero-order valence-corrected chi connectivity index (χ0v) is 18.1. The van der Waals surface area contributed by atoms with Crippen molar-refractivity contribution in [2.45, 2.75) is 19.4 Å². The summed E-state index contributed by atoms with van der Waals surface area (Å²) in [7, 11) is 0. The molecule has 2 bridgehead atoms. The largest absolute Gasteiger partial charge is 0.451 e. The Labute approximate surface area is 191 Å². The van der Waals surface area contributed by atoms with Gasteiger partial charge in [0.1, 0.15) is 0 Å². The lowest BCUT2D eigenvalue weighted by Crippen LogP contribution is -2.40. The lowest BCUT2D eigenvalue weighted by Gasteiger charge is -2.37. The molecule has 4 aliphatic carbocycles. The number of carbonyl (C=O) groups is 4. The first-order valence-electron chi connectivity index (χ1n) is 11.4. The number of imide groups is 1. The number of carbonyl (C=O) groups excluding carboxylic acids is 4. The van der Waals surface area contributed by atoms with Crippen molar-refractivity contribution in [2.75, 3.05) is 4.90 Å². The molecule has 2 saturated carbocycles. The zero-order chi connectivity index (χ0) is 22.9. The van der Waals surface area contributed by atoms with E-state index in [4.69, 9.17) is 4.74 Å². The molecular weight excluding hydrogens is 418 g/mol. The van der Waals surface area contributed by atoms with Gasteiger partial charge in [-0.2, -0.15) is 0 Å². The third kappa shape index (κ3) is 3.00. The van der Waals surface area contributed by atoms with Crippen LogP contribution in [0, 0.1) is 35.5 Å². The minimum Gasteiger partial charge on any atom is -0.451 e. The molecular formula is C27H23NO5. The topological polar surface area (TPSA) is 80.8 Å². The SMILES string of the molecule is C[C@@H](OC(=O)c1cccc(N2C(=O)[C@@H]3[C@@H]4C=C[C@H]([C@H]5C[C@H]45)[C@@H]3C2=O)c1)C(=O)c1ccccc1. The van der Waals surface area contributed by atoms with Crippen LogP contribution in [0.4, 0.5) is 5.69 Å². The molecule has 33 heavy (non-hydrogen) atoms. The number of nitrogens with zero attached hydrogens (tertiary/aromatic N) is 1. The lowest BCUT2D eigenvalue weighted by molar-refractivity contribution is -0.124. The third-order valence-electron chi connectivity index (χ3n) is 7.71. The Morgan fingerprint density at radius 3 is 2.12 bits per heavy atom. The van der Waals surface area contributed by atoms with Crippen molar-refractivity contribution >= 4 is 29.3 Å².